The lowest BCUT2D eigenvalue weighted by Crippen LogP contribution is -2.10. The number of nitrogen functional groups attached to an aromatic ring is 1. The number of anilines is 1. The second kappa shape index (κ2) is 5.48. The lowest BCUT2D eigenvalue weighted by molar-refractivity contribution is 0.402. The molecule has 20 heavy (non-hydrogen) atoms. The fourth-order valence-corrected chi connectivity index (χ4v) is 2.45. The molecule has 0 aliphatic carbocycles. The predicted molar refractivity (Wildman–Crippen MR) is 85.4 cm³/mol. The number of hydrogen-bond acceptors (Lipinski definition) is 3. The summed E-state index contributed by atoms with van der Waals surface area (Å²) in [4.78, 5) is 0. The van der Waals surface area contributed by atoms with Gasteiger partial charge in [-0.15, -0.1) is 0 Å². The van der Waals surface area contributed by atoms with E-state index >= 15 is 0 Å². The van der Waals surface area contributed by atoms with Gasteiger partial charge in [-0.3, -0.25) is 0 Å². The van der Waals surface area contributed by atoms with Gasteiger partial charge in [0.05, 0.1) is 17.3 Å². The number of benzene rings is 1. The van der Waals surface area contributed by atoms with Crippen molar-refractivity contribution < 1.29 is 4.74 Å². The van der Waals surface area contributed by atoms with Crippen molar-refractivity contribution in [2.24, 2.45) is 5.41 Å². The molecule has 0 radical (unpaired) electrons. The second-order valence-electron chi connectivity index (χ2n) is 5.97. The third kappa shape index (κ3) is 2.98. The predicted octanol–water partition coefficient (Wildman–Crippen LogP) is 3.81. The summed E-state index contributed by atoms with van der Waals surface area (Å²) < 4.78 is 7.96. The number of methoxy groups -OCH3 is 1. The van der Waals surface area contributed by atoms with Gasteiger partial charge in [0.25, 0.3) is 0 Å². The fourth-order valence-electron chi connectivity index (χ4n) is 2.06. The number of aromatic nitrogens is 2. The standard InChI is InChI=1S/C15H20BrN3O/c1-15(2,3)9-10-13(16)14(17)19(18-10)11-7-5-6-8-12(11)20-4/h5-8H,9,17H2,1-4H3. The highest BCUT2D eigenvalue weighted by atomic mass is 79.9. The van der Waals surface area contributed by atoms with Gasteiger partial charge in [0, 0.05) is 0 Å². The zero-order valence-corrected chi connectivity index (χ0v) is 13.9. The van der Waals surface area contributed by atoms with E-state index in [1.165, 1.54) is 0 Å². The highest BCUT2D eigenvalue weighted by Gasteiger charge is 2.21. The molecule has 4 nitrogen and oxygen atoms in total. The Hall–Kier alpha value is -1.49. The normalized spacial score (nSPS) is 11.7. The van der Waals surface area contributed by atoms with Crippen molar-refractivity contribution in [1.29, 1.82) is 0 Å². The van der Waals surface area contributed by atoms with Crippen LogP contribution in [0.1, 0.15) is 26.5 Å². The summed E-state index contributed by atoms with van der Waals surface area (Å²) in [5.74, 6) is 1.34. The Morgan fingerprint density at radius 2 is 1.95 bits per heavy atom. The van der Waals surface area contributed by atoms with Gasteiger partial charge < -0.3 is 10.5 Å². The Kier molecular flexibility index (Phi) is 4.09. The molecule has 108 valence electrons. The summed E-state index contributed by atoms with van der Waals surface area (Å²) >= 11 is 3.55. The quantitative estimate of drug-likeness (QED) is 0.926. The average Bonchev–Trinajstić information content (AvgIpc) is 2.65. The zero-order chi connectivity index (χ0) is 14.9. The van der Waals surface area contributed by atoms with Gasteiger partial charge in [0.1, 0.15) is 17.3 Å². The largest absolute Gasteiger partial charge is 0.494 e. The first kappa shape index (κ1) is 14.9. The molecule has 0 aliphatic heterocycles. The molecule has 0 amide bonds. The first-order valence-corrected chi connectivity index (χ1v) is 7.29. The van der Waals surface area contributed by atoms with E-state index in [1.807, 2.05) is 24.3 Å². The SMILES string of the molecule is COc1ccccc1-n1nc(CC(C)(C)C)c(Br)c1N. The van der Waals surface area contributed by atoms with E-state index in [-0.39, 0.29) is 5.41 Å². The van der Waals surface area contributed by atoms with Crippen LogP contribution in [0, 0.1) is 5.41 Å². The summed E-state index contributed by atoms with van der Waals surface area (Å²) in [6.07, 6.45) is 0.847. The lowest BCUT2D eigenvalue weighted by atomic mass is 9.91. The van der Waals surface area contributed by atoms with Crippen molar-refractivity contribution in [3.8, 4) is 11.4 Å². The van der Waals surface area contributed by atoms with Gasteiger partial charge in [-0.1, -0.05) is 32.9 Å². The van der Waals surface area contributed by atoms with E-state index in [4.69, 9.17) is 10.5 Å². The van der Waals surface area contributed by atoms with Gasteiger partial charge in [-0.05, 0) is 39.9 Å². The van der Waals surface area contributed by atoms with Gasteiger partial charge in [0.2, 0.25) is 0 Å². The summed E-state index contributed by atoms with van der Waals surface area (Å²) in [6, 6.07) is 7.70. The lowest BCUT2D eigenvalue weighted by Gasteiger charge is -2.16. The number of nitrogens with two attached hydrogens (primary N) is 1. The molecule has 1 aromatic carbocycles. The van der Waals surface area contributed by atoms with Crippen molar-refractivity contribution in [3.63, 3.8) is 0 Å². The van der Waals surface area contributed by atoms with Crippen LogP contribution >= 0.6 is 15.9 Å². The van der Waals surface area contributed by atoms with Gasteiger partial charge in [0.15, 0.2) is 0 Å². The maximum Gasteiger partial charge on any atom is 0.144 e. The minimum Gasteiger partial charge on any atom is -0.494 e. The van der Waals surface area contributed by atoms with Crippen molar-refractivity contribution >= 4 is 21.7 Å². The van der Waals surface area contributed by atoms with E-state index in [9.17, 15) is 0 Å². The zero-order valence-electron chi connectivity index (χ0n) is 12.3. The second-order valence-corrected chi connectivity index (χ2v) is 6.76. The molecule has 0 unspecified atom stereocenters. The first-order valence-electron chi connectivity index (χ1n) is 6.50. The van der Waals surface area contributed by atoms with Crippen molar-refractivity contribution in [1.82, 2.24) is 9.78 Å². The third-order valence-electron chi connectivity index (χ3n) is 2.94. The van der Waals surface area contributed by atoms with E-state index in [2.05, 4.69) is 41.8 Å². The molecule has 2 N–H and O–H groups in total. The van der Waals surface area contributed by atoms with Crippen LogP contribution in [0.2, 0.25) is 0 Å². The summed E-state index contributed by atoms with van der Waals surface area (Å²) in [5, 5.41) is 4.64. The van der Waals surface area contributed by atoms with Crippen LogP contribution in [-0.4, -0.2) is 16.9 Å². The minimum atomic E-state index is 0.148. The fraction of sp³-hybridized carbons (Fsp3) is 0.400. The molecule has 1 aromatic heterocycles. The van der Waals surface area contributed by atoms with Gasteiger partial charge in [-0.25, -0.2) is 4.68 Å². The van der Waals surface area contributed by atoms with Crippen molar-refractivity contribution in [3.05, 3.63) is 34.4 Å². The first-order chi connectivity index (χ1) is 9.33. The highest BCUT2D eigenvalue weighted by molar-refractivity contribution is 9.10. The van der Waals surface area contributed by atoms with Crippen LogP contribution in [0.3, 0.4) is 0 Å². The Labute approximate surface area is 128 Å². The molecule has 1 heterocycles. The van der Waals surface area contributed by atoms with E-state index in [0.717, 1.165) is 28.0 Å². The third-order valence-corrected chi connectivity index (χ3v) is 3.80. The van der Waals surface area contributed by atoms with Crippen LogP contribution in [0.15, 0.2) is 28.7 Å². The number of rotatable bonds is 3. The molecular weight excluding hydrogens is 318 g/mol. The van der Waals surface area contributed by atoms with Crippen molar-refractivity contribution in [2.75, 3.05) is 12.8 Å². The molecule has 0 spiro atoms. The summed E-state index contributed by atoms with van der Waals surface area (Å²) in [7, 11) is 1.64. The van der Waals surface area contributed by atoms with Crippen LogP contribution in [-0.2, 0) is 6.42 Å². The number of hydrogen-bond donors (Lipinski definition) is 1. The monoisotopic (exact) mass is 337 g/mol. The smallest absolute Gasteiger partial charge is 0.144 e. The number of nitrogens with zero attached hydrogens (tertiary/aromatic N) is 2. The maximum absolute atomic E-state index is 6.18. The van der Waals surface area contributed by atoms with Crippen LogP contribution in [0.5, 0.6) is 5.75 Å². The molecule has 0 saturated heterocycles. The van der Waals surface area contributed by atoms with Crippen LogP contribution in [0.4, 0.5) is 5.82 Å². The molecule has 0 atom stereocenters. The molecular formula is C15H20BrN3O. The molecule has 0 bridgehead atoms. The number of para-hydroxylation sites is 2. The Morgan fingerprint density at radius 3 is 2.55 bits per heavy atom. The molecule has 0 saturated carbocycles. The van der Waals surface area contributed by atoms with Crippen LogP contribution in [0.25, 0.3) is 5.69 Å². The Bertz CT molecular complexity index is 614. The average molecular weight is 338 g/mol. The maximum atomic E-state index is 6.18. The molecule has 0 fully saturated rings. The summed E-state index contributed by atoms with van der Waals surface area (Å²) in [5.41, 5.74) is 8.12. The van der Waals surface area contributed by atoms with E-state index in [1.54, 1.807) is 11.8 Å². The number of halogens is 1. The number of ether oxygens (including phenoxy) is 1. The van der Waals surface area contributed by atoms with Gasteiger partial charge in [-0.2, -0.15) is 5.10 Å². The minimum absolute atomic E-state index is 0.148. The summed E-state index contributed by atoms with van der Waals surface area (Å²) in [6.45, 7) is 6.53. The van der Waals surface area contributed by atoms with E-state index in [0.29, 0.717) is 5.82 Å². The van der Waals surface area contributed by atoms with Crippen LogP contribution < -0.4 is 10.5 Å². The molecule has 0 aliphatic rings. The topological polar surface area (TPSA) is 53.1 Å². The molecule has 5 heteroatoms. The highest BCUT2D eigenvalue weighted by Crippen LogP contribution is 2.33. The molecule has 2 aromatic rings. The van der Waals surface area contributed by atoms with Crippen molar-refractivity contribution in [2.45, 2.75) is 27.2 Å². The Balaban J connectivity index is 2.51. The molecule has 2 rings (SSSR count). The Morgan fingerprint density at radius 1 is 1.30 bits per heavy atom. The van der Waals surface area contributed by atoms with E-state index < -0.39 is 0 Å². The van der Waals surface area contributed by atoms with Gasteiger partial charge >= 0.3 is 0 Å².